The molecule has 25 heavy (non-hydrogen) atoms. The number of carbonyl (C=O) groups excluding carboxylic acids is 1. The van der Waals surface area contributed by atoms with Crippen molar-refractivity contribution in [3.05, 3.63) is 76.1 Å². The molecule has 0 unspecified atom stereocenters. The van der Waals surface area contributed by atoms with Crippen LogP contribution in [-0.2, 0) is 13.0 Å². The molecule has 3 aromatic rings. The topological polar surface area (TPSA) is 42.7 Å². The zero-order chi connectivity index (χ0) is 17.6. The third-order valence-electron chi connectivity index (χ3n) is 3.85. The maximum atomic E-state index is 14.0. The lowest BCUT2D eigenvalue weighted by molar-refractivity contribution is 0.0744. The lowest BCUT2D eigenvalue weighted by Crippen LogP contribution is -2.32. The molecule has 0 fully saturated rings. The second kappa shape index (κ2) is 7.98. The highest BCUT2D eigenvalue weighted by Crippen LogP contribution is 2.20. The number of methoxy groups -OCH3 is 1. The van der Waals surface area contributed by atoms with Gasteiger partial charge in [-0.1, -0.05) is 6.07 Å². The monoisotopic (exact) mass is 359 g/mol. The van der Waals surface area contributed by atoms with E-state index < -0.39 is 5.82 Å². The van der Waals surface area contributed by atoms with Gasteiger partial charge in [-0.25, -0.2) is 4.39 Å². The second-order valence-corrected chi connectivity index (χ2v) is 6.57. The quantitative estimate of drug-likeness (QED) is 0.629. The van der Waals surface area contributed by atoms with Crippen LogP contribution in [0.15, 0.2) is 58.7 Å². The SMILES string of the molecule is COc1ccc(C(=O)N(CCc2cccs2)Cc2ccoc2)cc1F. The van der Waals surface area contributed by atoms with Crippen LogP contribution < -0.4 is 4.74 Å². The molecule has 0 bridgehead atoms. The average Bonchev–Trinajstić information content (AvgIpc) is 3.31. The average molecular weight is 359 g/mol. The van der Waals surface area contributed by atoms with Crippen molar-refractivity contribution in [1.29, 1.82) is 0 Å². The second-order valence-electron chi connectivity index (χ2n) is 5.54. The van der Waals surface area contributed by atoms with E-state index in [0.29, 0.717) is 18.7 Å². The van der Waals surface area contributed by atoms with Crippen molar-refractivity contribution in [3.8, 4) is 5.75 Å². The normalized spacial score (nSPS) is 10.6. The molecule has 0 aliphatic rings. The van der Waals surface area contributed by atoms with Gasteiger partial charge in [0.1, 0.15) is 0 Å². The number of furan rings is 1. The summed E-state index contributed by atoms with van der Waals surface area (Å²) in [5.41, 5.74) is 1.20. The Hall–Kier alpha value is -2.60. The Morgan fingerprint density at radius 2 is 2.20 bits per heavy atom. The van der Waals surface area contributed by atoms with E-state index in [-0.39, 0.29) is 11.7 Å². The van der Waals surface area contributed by atoms with Gasteiger partial charge in [-0.15, -0.1) is 11.3 Å². The molecule has 1 amide bonds. The van der Waals surface area contributed by atoms with Crippen molar-refractivity contribution in [3.63, 3.8) is 0 Å². The summed E-state index contributed by atoms with van der Waals surface area (Å²) in [6, 6.07) is 10.1. The van der Waals surface area contributed by atoms with Gasteiger partial charge < -0.3 is 14.1 Å². The molecule has 0 aliphatic heterocycles. The van der Waals surface area contributed by atoms with Crippen LogP contribution >= 0.6 is 11.3 Å². The highest BCUT2D eigenvalue weighted by molar-refractivity contribution is 7.09. The number of carbonyl (C=O) groups is 1. The predicted molar refractivity (Wildman–Crippen MR) is 94.4 cm³/mol. The molecule has 1 aromatic carbocycles. The minimum absolute atomic E-state index is 0.122. The molecule has 3 rings (SSSR count). The number of benzene rings is 1. The minimum Gasteiger partial charge on any atom is -0.494 e. The fourth-order valence-corrected chi connectivity index (χ4v) is 3.24. The number of amides is 1. The highest BCUT2D eigenvalue weighted by Gasteiger charge is 2.18. The van der Waals surface area contributed by atoms with Gasteiger partial charge in [-0.05, 0) is 42.1 Å². The van der Waals surface area contributed by atoms with Crippen molar-refractivity contribution in [2.75, 3.05) is 13.7 Å². The lowest BCUT2D eigenvalue weighted by atomic mass is 10.1. The number of nitrogens with zero attached hydrogens (tertiary/aromatic N) is 1. The summed E-state index contributed by atoms with van der Waals surface area (Å²) in [6.45, 7) is 0.951. The maximum Gasteiger partial charge on any atom is 0.254 e. The Morgan fingerprint density at radius 3 is 2.84 bits per heavy atom. The Labute approximate surface area is 149 Å². The minimum atomic E-state index is -0.546. The van der Waals surface area contributed by atoms with Gasteiger partial charge in [0.05, 0.1) is 19.6 Å². The fourth-order valence-electron chi connectivity index (χ4n) is 2.54. The summed E-state index contributed by atoms with van der Waals surface area (Å²) in [4.78, 5) is 15.8. The van der Waals surface area contributed by atoms with Crippen LogP contribution in [0.2, 0.25) is 0 Å². The summed E-state index contributed by atoms with van der Waals surface area (Å²) in [7, 11) is 1.39. The van der Waals surface area contributed by atoms with Crippen LogP contribution in [0.3, 0.4) is 0 Å². The number of rotatable bonds is 7. The predicted octanol–water partition coefficient (Wildman–Crippen LogP) is 4.37. The molecule has 0 spiro atoms. The molecule has 0 saturated heterocycles. The van der Waals surface area contributed by atoms with E-state index in [1.807, 2.05) is 23.6 Å². The third-order valence-corrected chi connectivity index (χ3v) is 4.78. The third kappa shape index (κ3) is 4.28. The van der Waals surface area contributed by atoms with Crippen LogP contribution in [-0.4, -0.2) is 24.5 Å². The van der Waals surface area contributed by atoms with Gasteiger partial charge in [-0.2, -0.15) is 0 Å². The molecule has 0 aliphatic carbocycles. The number of halogens is 1. The van der Waals surface area contributed by atoms with E-state index in [4.69, 9.17) is 9.15 Å². The van der Waals surface area contributed by atoms with E-state index in [1.54, 1.807) is 34.8 Å². The van der Waals surface area contributed by atoms with E-state index in [1.165, 1.54) is 24.1 Å². The van der Waals surface area contributed by atoms with Gasteiger partial charge in [0, 0.05) is 29.1 Å². The van der Waals surface area contributed by atoms with Crippen molar-refractivity contribution >= 4 is 17.2 Å². The summed E-state index contributed by atoms with van der Waals surface area (Å²) in [5.74, 6) is -0.648. The molecule has 6 heteroatoms. The lowest BCUT2D eigenvalue weighted by Gasteiger charge is -2.22. The number of ether oxygens (including phenoxy) is 1. The van der Waals surface area contributed by atoms with Gasteiger partial charge in [0.2, 0.25) is 0 Å². The molecular weight excluding hydrogens is 341 g/mol. The summed E-state index contributed by atoms with van der Waals surface area (Å²) in [5, 5.41) is 2.01. The molecule has 0 radical (unpaired) electrons. The molecule has 4 nitrogen and oxygen atoms in total. The van der Waals surface area contributed by atoms with E-state index in [0.717, 1.165) is 12.0 Å². The molecule has 2 aromatic heterocycles. The molecule has 130 valence electrons. The van der Waals surface area contributed by atoms with Crippen LogP contribution in [0.5, 0.6) is 5.75 Å². The van der Waals surface area contributed by atoms with E-state index in [2.05, 4.69) is 0 Å². The summed E-state index contributed by atoms with van der Waals surface area (Å²) >= 11 is 1.65. The van der Waals surface area contributed by atoms with Crippen molar-refractivity contribution in [2.45, 2.75) is 13.0 Å². The van der Waals surface area contributed by atoms with E-state index in [9.17, 15) is 9.18 Å². The molecule has 0 atom stereocenters. The van der Waals surface area contributed by atoms with Crippen LogP contribution in [0.25, 0.3) is 0 Å². The zero-order valence-electron chi connectivity index (χ0n) is 13.8. The Balaban J connectivity index is 1.79. The fraction of sp³-hybridized carbons (Fsp3) is 0.211. The molecule has 2 heterocycles. The first kappa shape index (κ1) is 17.2. The number of hydrogen-bond acceptors (Lipinski definition) is 4. The first-order valence-corrected chi connectivity index (χ1v) is 8.71. The highest BCUT2D eigenvalue weighted by atomic mass is 32.1. The largest absolute Gasteiger partial charge is 0.494 e. The van der Waals surface area contributed by atoms with Crippen LogP contribution in [0.4, 0.5) is 4.39 Å². The van der Waals surface area contributed by atoms with Gasteiger partial charge >= 0.3 is 0 Å². The first-order valence-electron chi connectivity index (χ1n) is 7.83. The van der Waals surface area contributed by atoms with E-state index >= 15 is 0 Å². The Morgan fingerprint density at radius 1 is 1.32 bits per heavy atom. The number of thiophene rings is 1. The summed E-state index contributed by atoms with van der Waals surface area (Å²) in [6.07, 6.45) is 3.93. The zero-order valence-corrected chi connectivity index (χ0v) is 14.6. The molecular formula is C19H18FNO3S. The van der Waals surface area contributed by atoms with Crippen LogP contribution in [0.1, 0.15) is 20.8 Å². The molecule has 0 N–H and O–H groups in total. The molecule has 0 saturated carbocycles. The van der Waals surface area contributed by atoms with Crippen molar-refractivity contribution < 1.29 is 18.3 Å². The van der Waals surface area contributed by atoms with Crippen molar-refractivity contribution in [2.24, 2.45) is 0 Å². The Bertz CT molecular complexity index is 815. The Kier molecular flexibility index (Phi) is 5.50. The maximum absolute atomic E-state index is 14.0. The summed E-state index contributed by atoms with van der Waals surface area (Å²) < 4.78 is 24.0. The van der Waals surface area contributed by atoms with Gasteiger partial charge in [-0.3, -0.25) is 4.79 Å². The van der Waals surface area contributed by atoms with Crippen LogP contribution in [0, 0.1) is 5.82 Å². The van der Waals surface area contributed by atoms with Gasteiger partial charge in [0.25, 0.3) is 5.91 Å². The van der Waals surface area contributed by atoms with Gasteiger partial charge in [0.15, 0.2) is 11.6 Å². The standard InChI is InChI=1S/C19H18FNO3S/c1-23-18-5-4-15(11-17(18)20)19(22)21(12-14-7-9-24-13-14)8-6-16-3-2-10-25-16/h2-5,7,9-11,13H,6,8,12H2,1H3. The van der Waals surface area contributed by atoms with Crippen molar-refractivity contribution in [1.82, 2.24) is 4.90 Å². The first-order chi connectivity index (χ1) is 12.2. The smallest absolute Gasteiger partial charge is 0.254 e. The number of hydrogen-bond donors (Lipinski definition) is 0.